The molecule has 1 unspecified atom stereocenters. The van der Waals surface area contributed by atoms with Gasteiger partial charge >= 0.3 is 5.97 Å². The molecule has 1 atom stereocenters. The minimum atomic E-state index is -2.07. The van der Waals surface area contributed by atoms with Crippen molar-refractivity contribution in [2.75, 3.05) is 19.7 Å². The van der Waals surface area contributed by atoms with Crippen molar-refractivity contribution in [3.8, 4) is 0 Å². The van der Waals surface area contributed by atoms with Gasteiger partial charge in [0, 0.05) is 19.2 Å². The van der Waals surface area contributed by atoms with Crippen LogP contribution >= 0.6 is 0 Å². The molecule has 0 aromatic heterocycles. The van der Waals surface area contributed by atoms with E-state index in [0.29, 0.717) is 13.2 Å². The molecular formula is C34H43NO3Si. The largest absolute Gasteiger partial charge is 0.463 e. The van der Waals surface area contributed by atoms with Crippen LogP contribution in [0.3, 0.4) is 0 Å². The van der Waals surface area contributed by atoms with E-state index in [4.69, 9.17) is 9.16 Å². The molecule has 1 aliphatic rings. The van der Waals surface area contributed by atoms with Crippen LogP contribution in [-0.4, -0.2) is 45.0 Å². The number of esters is 1. The van der Waals surface area contributed by atoms with Crippen molar-refractivity contribution in [2.45, 2.75) is 63.9 Å². The molecule has 1 aliphatic heterocycles. The number of rotatable bonds is 8. The van der Waals surface area contributed by atoms with Crippen molar-refractivity contribution in [1.82, 2.24) is 4.90 Å². The highest BCUT2D eigenvalue weighted by Crippen LogP contribution is 2.45. The normalized spacial score (nSPS) is 18.2. The molecule has 0 N–H and O–H groups in total. The summed E-state index contributed by atoms with van der Waals surface area (Å²) in [5, 5.41) is 0.0705. The lowest BCUT2D eigenvalue weighted by Gasteiger charge is -2.50. The number of carbonyl (C=O) groups excluding carboxylic acids is 1. The van der Waals surface area contributed by atoms with E-state index in [1.807, 2.05) is 6.92 Å². The molecule has 3 aromatic rings. The number of piperidine rings is 1. The maximum absolute atomic E-state index is 12.8. The van der Waals surface area contributed by atoms with Gasteiger partial charge in [-0.15, -0.1) is 0 Å². The molecule has 1 fully saturated rings. The van der Waals surface area contributed by atoms with Crippen LogP contribution in [0.5, 0.6) is 0 Å². The Labute approximate surface area is 235 Å². The molecule has 0 bridgehead atoms. The maximum Gasteiger partial charge on any atom is 0.330 e. The molecule has 1 saturated heterocycles. The lowest BCUT2D eigenvalue weighted by Crippen LogP contribution is -2.55. The number of hydrogen-bond donors (Lipinski definition) is 0. The quantitative estimate of drug-likeness (QED) is 0.128. The van der Waals surface area contributed by atoms with Crippen LogP contribution in [0.4, 0.5) is 0 Å². The Morgan fingerprint density at radius 1 is 0.872 bits per heavy atom. The summed E-state index contributed by atoms with van der Waals surface area (Å²) in [7, 11) is -2.07. The topological polar surface area (TPSA) is 38.8 Å². The van der Waals surface area contributed by atoms with E-state index >= 15 is 0 Å². The molecular weight excluding hydrogens is 498 g/mol. The minimum absolute atomic E-state index is 0.0705. The van der Waals surface area contributed by atoms with Gasteiger partial charge in [-0.1, -0.05) is 112 Å². The SMILES string of the molecule is CCOC(=O)C=C1CN(C(c2ccccc2)(c2ccccc2)c2ccccc2)CCC1O[Si](C)(C)C(C)(C)C. The zero-order valence-electron chi connectivity index (χ0n) is 24.3. The predicted octanol–water partition coefficient (Wildman–Crippen LogP) is 7.56. The van der Waals surface area contributed by atoms with Crippen molar-refractivity contribution in [2.24, 2.45) is 0 Å². The highest BCUT2D eigenvalue weighted by Gasteiger charge is 2.46. The number of hydrogen-bond acceptors (Lipinski definition) is 4. The Bertz CT molecular complexity index is 1150. The summed E-state index contributed by atoms with van der Waals surface area (Å²) in [6, 6.07) is 32.1. The third-order valence-corrected chi connectivity index (χ3v) is 12.8. The fourth-order valence-corrected chi connectivity index (χ4v) is 6.71. The van der Waals surface area contributed by atoms with E-state index in [-0.39, 0.29) is 17.1 Å². The fraction of sp³-hybridized carbons (Fsp3) is 0.382. The van der Waals surface area contributed by atoms with E-state index in [0.717, 1.165) is 18.5 Å². The molecule has 1 heterocycles. The zero-order chi connectivity index (χ0) is 28.1. The van der Waals surface area contributed by atoms with Gasteiger partial charge in [0.1, 0.15) is 0 Å². The van der Waals surface area contributed by atoms with Crippen LogP contribution in [0.25, 0.3) is 0 Å². The molecule has 3 aromatic carbocycles. The van der Waals surface area contributed by atoms with Gasteiger partial charge < -0.3 is 9.16 Å². The molecule has 0 amide bonds. The minimum Gasteiger partial charge on any atom is -0.463 e. The summed E-state index contributed by atoms with van der Waals surface area (Å²) in [6.45, 7) is 14.9. The first kappa shape index (κ1) is 29.0. The molecule has 0 saturated carbocycles. The lowest BCUT2D eigenvalue weighted by atomic mass is 9.74. The van der Waals surface area contributed by atoms with E-state index in [9.17, 15) is 4.79 Å². The molecule has 206 valence electrons. The highest BCUT2D eigenvalue weighted by atomic mass is 28.4. The van der Waals surface area contributed by atoms with E-state index < -0.39 is 13.9 Å². The third kappa shape index (κ3) is 6.11. The van der Waals surface area contributed by atoms with Gasteiger partial charge in [-0.2, -0.15) is 0 Å². The molecule has 4 rings (SSSR count). The van der Waals surface area contributed by atoms with Gasteiger partial charge in [0.25, 0.3) is 0 Å². The molecule has 0 aliphatic carbocycles. The Balaban J connectivity index is 1.87. The van der Waals surface area contributed by atoms with Gasteiger partial charge in [0.05, 0.1) is 18.2 Å². The molecule has 39 heavy (non-hydrogen) atoms. The number of likely N-dealkylation sites (tertiary alicyclic amines) is 1. The maximum atomic E-state index is 12.8. The Kier molecular flexibility index (Phi) is 8.95. The predicted molar refractivity (Wildman–Crippen MR) is 162 cm³/mol. The Hall–Kier alpha value is -2.99. The van der Waals surface area contributed by atoms with Crippen LogP contribution in [0.15, 0.2) is 103 Å². The van der Waals surface area contributed by atoms with Crippen molar-refractivity contribution >= 4 is 14.3 Å². The van der Waals surface area contributed by atoms with Crippen molar-refractivity contribution in [3.63, 3.8) is 0 Å². The van der Waals surface area contributed by atoms with Crippen LogP contribution < -0.4 is 0 Å². The molecule has 0 radical (unpaired) electrons. The third-order valence-electron chi connectivity index (χ3n) is 8.33. The summed E-state index contributed by atoms with van der Waals surface area (Å²) in [4.78, 5) is 15.3. The van der Waals surface area contributed by atoms with Crippen LogP contribution in [0, 0.1) is 0 Å². The average molecular weight is 542 g/mol. The summed E-state index contributed by atoms with van der Waals surface area (Å²) in [5.41, 5.74) is 4.03. The Morgan fingerprint density at radius 2 is 1.33 bits per heavy atom. The van der Waals surface area contributed by atoms with Gasteiger partial charge in [-0.25, -0.2) is 4.79 Å². The first-order chi connectivity index (χ1) is 18.6. The monoisotopic (exact) mass is 541 g/mol. The van der Waals surface area contributed by atoms with Gasteiger partial charge in [0.15, 0.2) is 8.32 Å². The van der Waals surface area contributed by atoms with Crippen molar-refractivity contribution < 1.29 is 14.0 Å². The van der Waals surface area contributed by atoms with E-state index in [1.165, 1.54) is 16.7 Å². The lowest BCUT2D eigenvalue weighted by molar-refractivity contribution is -0.137. The standard InChI is InChI=1S/C34H43NO3Si/c1-7-37-32(36)25-27-26-35(24-23-31(27)38-39(5,6)33(2,3)4)34(28-17-11-8-12-18-28,29-19-13-9-14-20-29)30-21-15-10-16-22-30/h8-22,25,31H,7,23-24,26H2,1-6H3. The number of nitrogens with zero attached hydrogens (tertiary/aromatic N) is 1. The fourth-order valence-electron chi connectivity index (χ4n) is 5.37. The summed E-state index contributed by atoms with van der Waals surface area (Å²) >= 11 is 0. The van der Waals surface area contributed by atoms with Crippen molar-refractivity contribution in [1.29, 1.82) is 0 Å². The highest BCUT2D eigenvalue weighted by molar-refractivity contribution is 6.74. The second kappa shape index (κ2) is 12.0. The second-order valence-corrected chi connectivity index (χ2v) is 16.6. The van der Waals surface area contributed by atoms with Crippen molar-refractivity contribution in [3.05, 3.63) is 119 Å². The van der Waals surface area contributed by atoms with Crippen LogP contribution in [0.2, 0.25) is 18.1 Å². The molecule has 0 spiro atoms. The first-order valence-corrected chi connectivity index (χ1v) is 17.0. The summed E-state index contributed by atoms with van der Waals surface area (Å²) in [5.74, 6) is -0.303. The number of ether oxygens (including phenoxy) is 1. The van der Waals surface area contributed by atoms with E-state index in [1.54, 1.807) is 6.08 Å². The van der Waals surface area contributed by atoms with Gasteiger partial charge in [-0.3, -0.25) is 4.90 Å². The van der Waals surface area contributed by atoms with Gasteiger partial charge in [0.2, 0.25) is 0 Å². The molecule has 5 heteroatoms. The smallest absolute Gasteiger partial charge is 0.330 e. The van der Waals surface area contributed by atoms with Crippen LogP contribution in [-0.2, 0) is 19.5 Å². The zero-order valence-corrected chi connectivity index (χ0v) is 25.3. The van der Waals surface area contributed by atoms with Gasteiger partial charge in [-0.05, 0) is 53.7 Å². The first-order valence-electron chi connectivity index (χ1n) is 14.1. The number of benzene rings is 3. The number of carbonyl (C=O) groups is 1. The van der Waals surface area contributed by atoms with E-state index in [2.05, 4.69) is 130 Å². The van der Waals surface area contributed by atoms with Crippen LogP contribution in [0.1, 0.15) is 50.8 Å². The summed E-state index contributed by atoms with van der Waals surface area (Å²) < 4.78 is 12.3. The second-order valence-electron chi connectivity index (χ2n) is 11.9. The molecule has 4 nitrogen and oxygen atoms in total. The Morgan fingerprint density at radius 3 is 1.74 bits per heavy atom. The average Bonchev–Trinajstić information content (AvgIpc) is 2.92. The summed E-state index contributed by atoms with van der Waals surface area (Å²) in [6.07, 6.45) is 2.37.